The zero-order valence-corrected chi connectivity index (χ0v) is 21.1. The first-order valence-corrected chi connectivity index (χ1v) is 12.7. The van der Waals surface area contributed by atoms with E-state index in [4.69, 9.17) is 18.3 Å². The molecule has 2 aliphatic rings. The molecule has 2 saturated heterocycles. The van der Waals surface area contributed by atoms with Crippen LogP contribution in [0.2, 0.25) is 0 Å². The second-order valence-corrected chi connectivity index (χ2v) is 9.47. The third kappa shape index (κ3) is 6.08. The van der Waals surface area contributed by atoms with Gasteiger partial charge < -0.3 is 28.5 Å². The lowest BCUT2D eigenvalue weighted by atomic mass is 10.1. The number of ether oxygens (including phenoxy) is 2. The molecule has 12 heteroatoms. The van der Waals surface area contributed by atoms with Crippen molar-refractivity contribution in [2.24, 2.45) is 0 Å². The first kappa shape index (κ1) is 25.2. The Bertz CT molecular complexity index is 1210. The maximum Gasteiger partial charge on any atom is 0.250 e. The Morgan fingerprint density at radius 1 is 1.05 bits per heavy atom. The van der Waals surface area contributed by atoms with Crippen LogP contribution in [0.25, 0.3) is 11.6 Å². The first-order chi connectivity index (χ1) is 18.0. The Morgan fingerprint density at radius 2 is 1.78 bits per heavy atom. The van der Waals surface area contributed by atoms with Crippen molar-refractivity contribution in [1.29, 1.82) is 0 Å². The molecule has 0 aromatic carbocycles. The van der Waals surface area contributed by atoms with E-state index in [0.717, 1.165) is 31.4 Å². The number of nitrogens with one attached hydrogen (secondary N) is 1. The van der Waals surface area contributed by atoms with Crippen LogP contribution < -0.4 is 5.32 Å². The quantitative estimate of drug-likeness (QED) is 0.433. The maximum atomic E-state index is 13.7. The highest BCUT2D eigenvalue weighted by Crippen LogP contribution is 2.27. The van der Waals surface area contributed by atoms with Crippen LogP contribution in [-0.2, 0) is 25.6 Å². The minimum atomic E-state index is -0.984. The summed E-state index contributed by atoms with van der Waals surface area (Å²) in [7, 11) is 0. The van der Waals surface area contributed by atoms with E-state index in [1.165, 1.54) is 9.70 Å². The van der Waals surface area contributed by atoms with Crippen LogP contribution >= 0.6 is 0 Å². The Morgan fingerprint density at radius 3 is 2.43 bits per heavy atom. The van der Waals surface area contributed by atoms with Crippen molar-refractivity contribution in [3.8, 4) is 11.6 Å². The summed E-state index contributed by atoms with van der Waals surface area (Å²) in [6.45, 7) is 5.32. The fourth-order valence-corrected chi connectivity index (χ4v) is 4.68. The van der Waals surface area contributed by atoms with Crippen LogP contribution in [0.5, 0.6) is 0 Å². The van der Waals surface area contributed by atoms with Crippen LogP contribution in [0.3, 0.4) is 0 Å². The molecule has 0 spiro atoms. The molecule has 12 nitrogen and oxygen atoms in total. The van der Waals surface area contributed by atoms with Gasteiger partial charge in [0, 0.05) is 26.3 Å². The zero-order valence-electron chi connectivity index (χ0n) is 21.1. The lowest BCUT2D eigenvalue weighted by molar-refractivity contribution is -0.144. The van der Waals surface area contributed by atoms with Crippen LogP contribution in [0, 0.1) is 13.8 Å². The van der Waals surface area contributed by atoms with Gasteiger partial charge in [-0.25, -0.2) is 0 Å². The number of hydrogen-bond acceptors (Lipinski definition) is 9. The molecule has 5 rings (SSSR count). The summed E-state index contributed by atoms with van der Waals surface area (Å²) in [5.74, 6) is 1.79. The van der Waals surface area contributed by atoms with E-state index in [9.17, 15) is 9.59 Å². The minimum Gasteiger partial charge on any atom is -0.464 e. The number of carbonyl (C=O) groups excluding carboxylic acids is 2. The maximum absolute atomic E-state index is 13.7. The number of rotatable bonds is 10. The number of furan rings is 2. The minimum absolute atomic E-state index is 0.0340. The molecule has 37 heavy (non-hydrogen) atoms. The highest BCUT2D eigenvalue weighted by Gasteiger charge is 2.37. The third-order valence-corrected chi connectivity index (χ3v) is 6.55. The summed E-state index contributed by atoms with van der Waals surface area (Å²) in [5.41, 5.74) is 0. The second kappa shape index (κ2) is 11.3. The summed E-state index contributed by atoms with van der Waals surface area (Å²) in [5, 5.41) is 15.3. The molecule has 1 N–H and O–H groups in total. The van der Waals surface area contributed by atoms with Gasteiger partial charge in [-0.1, -0.05) is 0 Å². The molecular formula is C25H32N6O6. The molecule has 2 fully saturated rings. The highest BCUT2D eigenvalue weighted by atomic mass is 16.5. The van der Waals surface area contributed by atoms with Gasteiger partial charge in [-0.3, -0.25) is 9.59 Å². The standard InChI is InChI=1S/C25H32N6O6/c1-16-7-9-20(36-16)23(25(33)26-13-18-5-3-11-34-18)30(14-19-6-4-12-35-19)22(32)15-31-28-24(27-29-31)21-10-8-17(2)37-21/h7-10,18-19,23H,3-6,11-15H2,1-2H3,(H,26,33)/t18-,19+,23-/m0/s1. The number of amides is 2. The number of nitrogens with zero attached hydrogens (tertiary/aromatic N) is 5. The van der Waals surface area contributed by atoms with Gasteiger partial charge in [0.25, 0.3) is 5.91 Å². The molecule has 0 saturated carbocycles. The van der Waals surface area contributed by atoms with E-state index in [2.05, 4.69) is 20.7 Å². The van der Waals surface area contributed by atoms with Gasteiger partial charge in [-0.15, -0.1) is 10.2 Å². The second-order valence-electron chi connectivity index (χ2n) is 9.47. The average molecular weight is 513 g/mol. The number of hydrogen-bond donors (Lipinski definition) is 1. The van der Waals surface area contributed by atoms with E-state index in [-0.39, 0.29) is 42.9 Å². The van der Waals surface area contributed by atoms with E-state index in [1.54, 1.807) is 31.2 Å². The van der Waals surface area contributed by atoms with E-state index >= 15 is 0 Å². The van der Waals surface area contributed by atoms with Crippen molar-refractivity contribution in [3.05, 3.63) is 41.5 Å². The summed E-state index contributed by atoms with van der Waals surface area (Å²) in [4.78, 5) is 30.0. The van der Waals surface area contributed by atoms with E-state index in [0.29, 0.717) is 37.0 Å². The third-order valence-electron chi connectivity index (χ3n) is 6.55. The molecule has 0 bridgehead atoms. The van der Waals surface area contributed by atoms with Gasteiger partial charge in [0.1, 0.15) is 23.8 Å². The molecule has 0 radical (unpaired) electrons. The molecule has 3 aromatic rings. The Kier molecular flexibility index (Phi) is 7.65. The number of tetrazole rings is 1. The normalized spacial score (nSPS) is 20.3. The largest absolute Gasteiger partial charge is 0.464 e. The van der Waals surface area contributed by atoms with E-state index < -0.39 is 6.04 Å². The van der Waals surface area contributed by atoms with Crippen molar-refractivity contribution in [3.63, 3.8) is 0 Å². The molecule has 2 aliphatic heterocycles. The van der Waals surface area contributed by atoms with Crippen LogP contribution in [0.4, 0.5) is 0 Å². The van der Waals surface area contributed by atoms with Crippen LogP contribution in [0.1, 0.15) is 49.0 Å². The summed E-state index contributed by atoms with van der Waals surface area (Å²) in [6, 6.07) is 6.07. The molecule has 3 aromatic heterocycles. The van der Waals surface area contributed by atoms with Crippen molar-refractivity contribution in [2.45, 2.75) is 64.3 Å². The predicted molar refractivity (Wildman–Crippen MR) is 129 cm³/mol. The summed E-state index contributed by atoms with van der Waals surface area (Å²) in [6.07, 6.45) is 3.34. The Labute approximate surface area is 214 Å². The smallest absolute Gasteiger partial charge is 0.250 e. The molecule has 3 atom stereocenters. The molecule has 0 unspecified atom stereocenters. The first-order valence-electron chi connectivity index (χ1n) is 12.7. The predicted octanol–water partition coefficient (Wildman–Crippen LogP) is 2.19. The topological polar surface area (TPSA) is 138 Å². The molecular weight excluding hydrogens is 480 g/mol. The fourth-order valence-electron chi connectivity index (χ4n) is 4.68. The molecule has 2 amide bonds. The zero-order chi connectivity index (χ0) is 25.8. The highest BCUT2D eigenvalue weighted by molar-refractivity contribution is 5.88. The van der Waals surface area contributed by atoms with Crippen molar-refractivity contribution in [2.75, 3.05) is 26.3 Å². The number of aromatic nitrogens is 4. The van der Waals surface area contributed by atoms with Crippen molar-refractivity contribution in [1.82, 2.24) is 30.4 Å². The van der Waals surface area contributed by atoms with E-state index in [1.807, 2.05) is 6.92 Å². The van der Waals surface area contributed by atoms with Crippen LogP contribution in [0.15, 0.2) is 33.1 Å². The number of carbonyl (C=O) groups is 2. The molecule has 5 heterocycles. The van der Waals surface area contributed by atoms with Crippen molar-refractivity contribution >= 4 is 11.8 Å². The summed E-state index contributed by atoms with van der Waals surface area (Å²) < 4.78 is 22.9. The lowest BCUT2D eigenvalue weighted by Crippen LogP contribution is -2.48. The Hall–Kier alpha value is -3.51. The van der Waals surface area contributed by atoms with Gasteiger partial charge in [0.2, 0.25) is 11.7 Å². The van der Waals surface area contributed by atoms with Gasteiger partial charge in [0.15, 0.2) is 11.8 Å². The van der Waals surface area contributed by atoms with Crippen LogP contribution in [-0.4, -0.2) is 75.4 Å². The van der Waals surface area contributed by atoms with Gasteiger partial charge in [-0.05, 0) is 69.0 Å². The summed E-state index contributed by atoms with van der Waals surface area (Å²) >= 11 is 0. The SMILES string of the molecule is Cc1ccc(-c2nnn(CC(=O)N(C[C@H]3CCCO3)[C@H](C(=O)NC[C@@H]3CCCO3)c3ccc(C)o3)n2)o1. The average Bonchev–Trinajstić information content (AvgIpc) is 3.69. The number of aryl methyl sites for hydroxylation is 2. The van der Waals surface area contributed by atoms with Gasteiger partial charge in [0.05, 0.1) is 12.2 Å². The van der Waals surface area contributed by atoms with Gasteiger partial charge in [-0.2, -0.15) is 4.80 Å². The Balaban J connectivity index is 1.38. The van der Waals surface area contributed by atoms with Gasteiger partial charge >= 0.3 is 0 Å². The lowest BCUT2D eigenvalue weighted by Gasteiger charge is -2.31. The fraction of sp³-hybridized carbons (Fsp3) is 0.560. The molecule has 198 valence electrons. The monoisotopic (exact) mass is 512 g/mol. The van der Waals surface area contributed by atoms with Crippen molar-refractivity contribution < 1.29 is 27.9 Å². The molecule has 0 aliphatic carbocycles.